The van der Waals surface area contributed by atoms with Crippen LogP contribution in [0.15, 0.2) is 168 Å². The zero-order valence-electron chi connectivity index (χ0n) is 25.4. The molecule has 0 unspecified atom stereocenters. The van der Waals surface area contributed by atoms with Crippen LogP contribution < -0.4 is 4.90 Å². The Kier molecular flexibility index (Phi) is 5.78. The highest BCUT2D eigenvalue weighted by Gasteiger charge is 2.21. The summed E-state index contributed by atoms with van der Waals surface area (Å²) in [4.78, 5) is 2.40. The fourth-order valence-corrected chi connectivity index (χ4v) is 8.46. The van der Waals surface area contributed by atoms with E-state index in [1.54, 1.807) is 0 Å². The van der Waals surface area contributed by atoms with Gasteiger partial charge in [-0.25, -0.2) is 0 Å². The van der Waals surface area contributed by atoms with Crippen molar-refractivity contribution >= 4 is 92.1 Å². The van der Waals surface area contributed by atoms with Crippen molar-refractivity contribution in [1.82, 2.24) is 0 Å². The second-order valence-electron chi connectivity index (χ2n) is 12.1. The number of rotatable bonds is 4. The molecule has 0 amide bonds. The maximum absolute atomic E-state index is 6.58. The Morgan fingerprint density at radius 1 is 0.447 bits per heavy atom. The molecule has 0 aliphatic rings. The predicted octanol–water partition coefficient (Wildman–Crippen LogP) is 13.4. The minimum Gasteiger partial charge on any atom is -0.455 e. The molecule has 0 N–H and O–H groups in total. The van der Waals surface area contributed by atoms with Crippen molar-refractivity contribution in [3.05, 3.63) is 164 Å². The van der Waals surface area contributed by atoms with Crippen LogP contribution in [0, 0.1) is 0 Å². The van der Waals surface area contributed by atoms with Crippen LogP contribution >= 0.6 is 11.3 Å². The lowest BCUT2D eigenvalue weighted by molar-refractivity contribution is 0.673. The third-order valence-electron chi connectivity index (χ3n) is 9.41. The third-order valence-corrected chi connectivity index (χ3v) is 10.6. The van der Waals surface area contributed by atoms with Crippen molar-refractivity contribution in [3.8, 4) is 11.1 Å². The van der Waals surface area contributed by atoms with Crippen LogP contribution in [0.5, 0.6) is 0 Å². The van der Waals surface area contributed by atoms with Gasteiger partial charge in [0.25, 0.3) is 0 Å². The highest BCUT2D eigenvalue weighted by atomic mass is 32.1. The Bertz CT molecular complexity index is 2810. The molecule has 10 aromatic rings. The number of nitrogens with zero attached hydrogens (tertiary/aromatic N) is 1. The zero-order valence-corrected chi connectivity index (χ0v) is 26.2. The summed E-state index contributed by atoms with van der Waals surface area (Å²) in [6.45, 7) is 0. The van der Waals surface area contributed by atoms with Gasteiger partial charge < -0.3 is 9.32 Å². The largest absolute Gasteiger partial charge is 0.455 e. The topological polar surface area (TPSA) is 16.4 Å². The summed E-state index contributed by atoms with van der Waals surface area (Å²) in [5, 5.41) is 9.70. The molecule has 3 heteroatoms. The number of furan rings is 1. The van der Waals surface area contributed by atoms with Crippen molar-refractivity contribution in [1.29, 1.82) is 0 Å². The van der Waals surface area contributed by atoms with Crippen LogP contribution in [0.4, 0.5) is 17.1 Å². The molecule has 10 rings (SSSR count). The molecule has 0 atom stereocenters. The SMILES string of the molecule is c1ccc(N(c2cccc(-c3ccc4ccccc4c3)c2)c2cccc3c2sc2ccc4oc5c6ccccc6ccc5c4c23)cc1. The van der Waals surface area contributed by atoms with Crippen LogP contribution in [-0.4, -0.2) is 0 Å². The molecule has 0 fully saturated rings. The Morgan fingerprint density at radius 3 is 2.09 bits per heavy atom. The van der Waals surface area contributed by atoms with Crippen molar-refractivity contribution in [3.63, 3.8) is 0 Å². The van der Waals surface area contributed by atoms with Gasteiger partial charge in [-0.1, -0.05) is 109 Å². The summed E-state index contributed by atoms with van der Waals surface area (Å²) in [5.41, 5.74) is 7.69. The highest BCUT2D eigenvalue weighted by Crippen LogP contribution is 2.48. The van der Waals surface area contributed by atoms with Gasteiger partial charge in [0.1, 0.15) is 11.2 Å². The standard InChI is InChI=1S/C44H27NOS/c1-2-14-33(15-3-1)45(34-16-8-13-31(27-34)32-21-20-28-10-4-5-12-30(28)26-32)38-19-9-18-37-42-40(47-44(37)38)25-24-39-41(42)36-23-22-29-11-6-7-17-35(29)43(36)46-39/h1-27H. The number of hydrogen-bond donors (Lipinski definition) is 0. The van der Waals surface area contributed by atoms with Gasteiger partial charge in [-0.05, 0) is 81.9 Å². The third kappa shape index (κ3) is 4.10. The minimum absolute atomic E-state index is 0.928. The summed E-state index contributed by atoms with van der Waals surface area (Å²) in [6, 6.07) is 58.9. The Hall–Kier alpha value is -5.90. The van der Waals surface area contributed by atoms with Crippen LogP contribution in [0.3, 0.4) is 0 Å². The van der Waals surface area contributed by atoms with Gasteiger partial charge in [-0.3, -0.25) is 0 Å². The second kappa shape index (κ2) is 10.3. The van der Waals surface area contributed by atoms with E-state index < -0.39 is 0 Å². The molecule has 220 valence electrons. The van der Waals surface area contributed by atoms with E-state index >= 15 is 0 Å². The summed E-state index contributed by atoms with van der Waals surface area (Å²) in [5.74, 6) is 0. The Labute approximate surface area is 275 Å². The molecule has 0 aliphatic carbocycles. The predicted molar refractivity (Wildman–Crippen MR) is 202 cm³/mol. The van der Waals surface area contributed by atoms with Gasteiger partial charge in [0, 0.05) is 43.0 Å². The molecule has 47 heavy (non-hydrogen) atoms. The fraction of sp³-hybridized carbons (Fsp3) is 0. The first-order valence-corrected chi connectivity index (χ1v) is 16.7. The molecule has 2 heterocycles. The smallest absolute Gasteiger partial charge is 0.143 e. The first-order chi connectivity index (χ1) is 23.3. The number of thiophene rings is 1. The van der Waals surface area contributed by atoms with Gasteiger partial charge in [0.15, 0.2) is 0 Å². The van der Waals surface area contributed by atoms with Crippen LogP contribution in [0.1, 0.15) is 0 Å². The molecule has 0 saturated carbocycles. The first-order valence-electron chi connectivity index (χ1n) is 15.9. The summed E-state index contributed by atoms with van der Waals surface area (Å²) >= 11 is 1.86. The molecule has 0 radical (unpaired) electrons. The molecule has 0 aliphatic heterocycles. The number of hydrogen-bond acceptors (Lipinski definition) is 3. The lowest BCUT2D eigenvalue weighted by Gasteiger charge is -2.26. The van der Waals surface area contributed by atoms with E-state index in [9.17, 15) is 0 Å². The maximum Gasteiger partial charge on any atom is 0.143 e. The number of para-hydroxylation sites is 1. The molecule has 8 aromatic carbocycles. The molecule has 2 nitrogen and oxygen atoms in total. The van der Waals surface area contributed by atoms with E-state index in [2.05, 4.69) is 169 Å². The molecule has 0 bridgehead atoms. The second-order valence-corrected chi connectivity index (χ2v) is 13.2. The first kappa shape index (κ1) is 26.3. The van der Waals surface area contributed by atoms with Crippen molar-refractivity contribution in [2.75, 3.05) is 4.90 Å². The quantitative estimate of drug-likeness (QED) is 0.195. The average molecular weight is 618 g/mol. The van der Waals surface area contributed by atoms with E-state index in [0.29, 0.717) is 0 Å². The lowest BCUT2D eigenvalue weighted by atomic mass is 10.00. The van der Waals surface area contributed by atoms with Crippen molar-refractivity contribution < 1.29 is 4.42 Å². The van der Waals surface area contributed by atoms with Crippen molar-refractivity contribution in [2.45, 2.75) is 0 Å². The van der Waals surface area contributed by atoms with Gasteiger partial charge in [0.2, 0.25) is 0 Å². The van der Waals surface area contributed by atoms with E-state index in [4.69, 9.17) is 4.42 Å². The van der Waals surface area contributed by atoms with Crippen LogP contribution in [0.25, 0.3) is 74.8 Å². The normalized spacial score (nSPS) is 11.8. The summed E-state index contributed by atoms with van der Waals surface area (Å²) < 4.78 is 9.10. The summed E-state index contributed by atoms with van der Waals surface area (Å²) in [7, 11) is 0. The zero-order chi connectivity index (χ0) is 30.9. The maximum atomic E-state index is 6.58. The Balaban J connectivity index is 1.21. The molecular formula is C44H27NOS. The molecule has 0 spiro atoms. The molecule has 2 aromatic heterocycles. The van der Waals surface area contributed by atoms with Crippen LogP contribution in [0.2, 0.25) is 0 Å². The number of benzene rings is 8. The number of anilines is 3. The average Bonchev–Trinajstić information content (AvgIpc) is 3.71. The van der Waals surface area contributed by atoms with Crippen LogP contribution in [-0.2, 0) is 0 Å². The van der Waals surface area contributed by atoms with Gasteiger partial charge in [-0.2, -0.15) is 0 Å². The van der Waals surface area contributed by atoms with E-state index in [0.717, 1.165) is 39.0 Å². The highest BCUT2D eigenvalue weighted by molar-refractivity contribution is 7.26. The lowest BCUT2D eigenvalue weighted by Crippen LogP contribution is -2.10. The summed E-state index contributed by atoms with van der Waals surface area (Å²) in [6.07, 6.45) is 0. The number of fused-ring (bicyclic) bond motifs is 10. The minimum atomic E-state index is 0.928. The van der Waals surface area contributed by atoms with E-state index in [1.807, 2.05) is 11.3 Å². The fourth-order valence-electron chi connectivity index (χ4n) is 7.24. The van der Waals surface area contributed by atoms with Gasteiger partial charge in [0.05, 0.1) is 10.4 Å². The van der Waals surface area contributed by atoms with Gasteiger partial charge >= 0.3 is 0 Å². The Morgan fingerprint density at radius 2 is 1.17 bits per heavy atom. The molecule has 0 saturated heterocycles. The monoisotopic (exact) mass is 617 g/mol. The van der Waals surface area contributed by atoms with Gasteiger partial charge in [-0.15, -0.1) is 11.3 Å². The molecular weight excluding hydrogens is 591 g/mol. The van der Waals surface area contributed by atoms with E-state index in [-0.39, 0.29) is 0 Å². The van der Waals surface area contributed by atoms with E-state index in [1.165, 1.54) is 52.8 Å². The van der Waals surface area contributed by atoms with Crippen molar-refractivity contribution in [2.24, 2.45) is 0 Å².